The fourth-order valence-corrected chi connectivity index (χ4v) is 1.49. The average molecular weight is 205 g/mol. The van der Waals surface area contributed by atoms with Crippen molar-refractivity contribution in [2.24, 2.45) is 5.41 Å². The number of hydrogen-bond acceptors (Lipinski definition) is 3. The van der Waals surface area contributed by atoms with Gasteiger partial charge in [0.1, 0.15) is 11.3 Å². The van der Waals surface area contributed by atoms with Gasteiger partial charge in [-0.15, -0.1) is 0 Å². The van der Waals surface area contributed by atoms with E-state index in [4.69, 9.17) is 4.42 Å². The van der Waals surface area contributed by atoms with Gasteiger partial charge in [0, 0.05) is 12.5 Å². The lowest BCUT2D eigenvalue weighted by molar-refractivity contribution is 0.361. The number of fused-ring (bicyclic) bond motifs is 1. The Morgan fingerprint density at radius 1 is 1.33 bits per heavy atom. The Bertz CT molecular complexity index is 480. The van der Waals surface area contributed by atoms with E-state index >= 15 is 0 Å². The third kappa shape index (κ3) is 2.29. The molecule has 0 amide bonds. The molecule has 1 N–H and O–H groups in total. The number of aromatic hydroxyl groups is 1. The summed E-state index contributed by atoms with van der Waals surface area (Å²) in [5.74, 6) is 0.934. The number of benzene rings is 1. The zero-order chi connectivity index (χ0) is 11.1. The highest BCUT2D eigenvalue weighted by molar-refractivity contribution is 5.74. The smallest absolute Gasteiger partial charge is 0.196 e. The monoisotopic (exact) mass is 205 g/mol. The summed E-state index contributed by atoms with van der Waals surface area (Å²) >= 11 is 0. The summed E-state index contributed by atoms with van der Waals surface area (Å²) in [6.07, 6.45) is 0.794. The van der Waals surface area contributed by atoms with Gasteiger partial charge in [-0.2, -0.15) is 0 Å². The third-order valence-corrected chi connectivity index (χ3v) is 2.10. The number of hydrogen-bond donors (Lipinski definition) is 1. The first-order valence-electron chi connectivity index (χ1n) is 5.02. The van der Waals surface area contributed by atoms with E-state index in [1.807, 2.05) is 0 Å². The van der Waals surface area contributed by atoms with E-state index in [-0.39, 0.29) is 11.2 Å². The van der Waals surface area contributed by atoms with Crippen LogP contribution in [-0.4, -0.2) is 10.1 Å². The average Bonchev–Trinajstić information content (AvgIpc) is 2.42. The normalized spacial score (nSPS) is 12.2. The molecule has 2 rings (SSSR count). The Balaban J connectivity index is 2.39. The van der Waals surface area contributed by atoms with Crippen molar-refractivity contribution in [1.82, 2.24) is 4.98 Å². The molecule has 15 heavy (non-hydrogen) atoms. The van der Waals surface area contributed by atoms with Crippen molar-refractivity contribution in [3.63, 3.8) is 0 Å². The predicted molar refractivity (Wildman–Crippen MR) is 58.8 cm³/mol. The number of phenols is 1. The highest BCUT2D eigenvalue weighted by Crippen LogP contribution is 2.25. The first kappa shape index (κ1) is 10.0. The molecule has 0 atom stereocenters. The summed E-state index contributed by atoms with van der Waals surface area (Å²) < 4.78 is 5.55. The van der Waals surface area contributed by atoms with E-state index in [2.05, 4.69) is 25.8 Å². The summed E-state index contributed by atoms with van der Waals surface area (Å²) in [4.78, 5) is 4.36. The Kier molecular flexibility index (Phi) is 2.18. The molecule has 3 heteroatoms. The molecule has 0 spiro atoms. The first-order valence-corrected chi connectivity index (χ1v) is 5.02. The Labute approximate surface area is 88.7 Å². The van der Waals surface area contributed by atoms with Gasteiger partial charge in [0.15, 0.2) is 11.5 Å². The van der Waals surface area contributed by atoms with Gasteiger partial charge in [-0.3, -0.25) is 0 Å². The SMILES string of the molecule is CC(C)(C)Cc1nc2ccc(O)cc2o1. The van der Waals surface area contributed by atoms with Crippen LogP contribution in [0.4, 0.5) is 0 Å². The molecule has 1 aromatic heterocycles. The summed E-state index contributed by atoms with van der Waals surface area (Å²) in [6, 6.07) is 4.97. The van der Waals surface area contributed by atoms with E-state index in [0.717, 1.165) is 17.8 Å². The molecule has 0 aliphatic rings. The molecule has 0 saturated heterocycles. The van der Waals surface area contributed by atoms with Crippen LogP contribution in [-0.2, 0) is 6.42 Å². The van der Waals surface area contributed by atoms with Gasteiger partial charge < -0.3 is 9.52 Å². The van der Waals surface area contributed by atoms with Crippen molar-refractivity contribution in [3.8, 4) is 5.75 Å². The van der Waals surface area contributed by atoms with Crippen LogP contribution in [0, 0.1) is 5.41 Å². The van der Waals surface area contributed by atoms with Gasteiger partial charge >= 0.3 is 0 Å². The minimum Gasteiger partial charge on any atom is -0.508 e. The van der Waals surface area contributed by atoms with Gasteiger partial charge in [0.05, 0.1) is 0 Å². The van der Waals surface area contributed by atoms with E-state index in [9.17, 15) is 5.11 Å². The summed E-state index contributed by atoms with van der Waals surface area (Å²) in [5.41, 5.74) is 1.60. The number of rotatable bonds is 1. The van der Waals surface area contributed by atoms with Crippen LogP contribution < -0.4 is 0 Å². The minimum absolute atomic E-state index is 0.156. The first-order chi connectivity index (χ1) is 6.94. The summed E-state index contributed by atoms with van der Waals surface area (Å²) in [7, 11) is 0. The number of aromatic nitrogens is 1. The second kappa shape index (κ2) is 3.26. The largest absolute Gasteiger partial charge is 0.508 e. The van der Waals surface area contributed by atoms with Crippen LogP contribution >= 0.6 is 0 Å². The highest BCUT2D eigenvalue weighted by atomic mass is 16.3. The fourth-order valence-electron chi connectivity index (χ4n) is 1.49. The summed E-state index contributed by atoms with van der Waals surface area (Å²) in [5, 5.41) is 9.28. The lowest BCUT2D eigenvalue weighted by atomic mass is 9.92. The zero-order valence-corrected chi connectivity index (χ0v) is 9.24. The number of oxazole rings is 1. The Morgan fingerprint density at radius 3 is 2.73 bits per heavy atom. The molecule has 0 bridgehead atoms. The van der Waals surface area contributed by atoms with Crippen LogP contribution in [0.5, 0.6) is 5.75 Å². The molecular weight excluding hydrogens is 190 g/mol. The number of nitrogens with zero attached hydrogens (tertiary/aromatic N) is 1. The number of phenolic OH excluding ortho intramolecular Hbond substituents is 1. The molecule has 0 saturated carbocycles. The Morgan fingerprint density at radius 2 is 2.07 bits per heavy atom. The van der Waals surface area contributed by atoms with Crippen molar-refractivity contribution in [1.29, 1.82) is 0 Å². The van der Waals surface area contributed by atoms with Crippen LogP contribution in [0.1, 0.15) is 26.7 Å². The topological polar surface area (TPSA) is 46.3 Å². The van der Waals surface area contributed by atoms with E-state index in [1.54, 1.807) is 18.2 Å². The van der Waals surface area contributed by atoms with Crippen molar-refractivity contribution in [2.75, 3.05) is 0 Å². The second-order valence-corrected chi connectivity index (χ2v) is 5.00. The van der Waals surface area contributed by atoms with Crippen molar-refractivity contribution >= 4 is 11.1 Å². The van der Waals surface area contributed by atoms with Crippen LogP contribution in [0.3, 0.4) is 0 Å². The third-order valence-electron chi connectivity index (χ3n) is 2.10. The molecule has 3 nitrogen and oxygen atoms in total. The predicted octanol–water partition coefficient (Wildman–Crippen LogP) is 3.12. The van der Waals surface area contributed by atoms with E-state index < -0.39 is 0 Å². The molecule has 0 aliphatic heterocycles. The molecule has 0 aliphatic carbocycles. The van der Waals surface area contributed by atoms with Gasteiger partial charge in [0.2, 0.25) is 0 Å². The molecule has 2 aromatic rings. The van der Waals surface area contributed by atoms with Crippen LogP contribution in [0.15, 0.2) is 22.6 Å². The van der Waals surface area contributed by atoms with Gasteiger partial charge in [-0.05, 0) is 17.5 Å². The van der Waals surface area contributed by atoms with Gasteiger partial charge in [-0.25, -0.2) is 4.98 Å². The van der Waals surface area contributed by atoms with Crippen molar-refractivity contribution < 1.29 is 9.52 Å². The van der Waals surface area contributed by atoms with E-state index in [1.165, 1.54) is 0 Å². The molecule has 0 radical (unpaired) electrons. The second-order valence-electron chi connectivity index (χ2n) is 5.00. The fraction of sp³-hybridized carbons (Fsp3) is 0.417. The van der Waals surface area contributed by atoms with Crippen molar-refractivity contribution in [3.05, 3.63) is 24.1 Å². The molecule has 80 valence electrons. The molecular formula is C12H15NO2. The van der Waals surface area contributed by atoms with Crippen LogP contribution in [0.2, 0.25) is 0 Å². The lowest BCUT2D eigenvalue weighted by Crippen LogP contribution is -2.09. The quantitative estimate of drug-likeness (QED) is 0.778. The molecule has 0 unspecified atom stereocenters. The van der Waals surface area contributed by atoms with E-state index in [0.29, 0.717) is 5.58 Å². The molecule has 0 fully saturated rings. The van der Waals surface area contributed by atoms with Gasteiger partial charge in [0.25, 0.3) is 0 Å². The van der Waals surface area contributed by atoms with Crippen LogP contribution in [0.25, 0.3) is 11.1 Å². The highest BCUT2D eigenvalue weighted by Gasteiger charge is 2.16. The zero-order valence-electron chi connectivity index (χ0n) is 9.24. The summed E-state index contributed by atoms with van der Waals surface area (Å²) in [6.45, 7) is 6.41. The standard InChI is InChI=1S/C12H15NO2/c1-12(2,3)7-11-13-9-5-4-8(14)6-10(9)15-11/h4-6,14H,7H2,1-3H3. The minimum atomic E-state index is 0.156. The van der Waals surface area contributed by atoms with Gasteiger partial charge in [-0.1, -0.05) is 20.8 Å². The molecule has 1 aromatic carbocycles. The molecule has 1 heterocycles. The van der Waals surface area contributed by atoms with Crippen molar-refractivity contribution in [2.45, 2.75) is 27.2 Å². The maximum absolute atomic E-state index is 9.28. The maximum Gasteiger partial charge on any atom is 0.196 e. The lowest BCUT2D eigenvalue weighted by Gasteiger charge is -2.14. The Hall–Kier alpha value is -1.51. The maximum atomic E-state index is 9.28.